The number of hydrogen-bond donors (Lipinski definition) is 2. The summed E-state index contributed by atoms with van der Waals surface area (Å²) in [6, 6.07) is 5.60. The number of H-pyrrole nitrogens is 1. The molecule has 18 heavy (non-hydrogen) atoms. The van der Waals surface area contributed by atoms with Gasteiger partial charge in [-0.3, -0.25) is 4.79 Å². The fourth-order valence-electron chi connectivity index (χ4n) is 1.59. The smallest absolute Gasteiger partial charge is 0.251 e. The highest BCUT2D eigenvalue weighted by molar-refractivity contribution is 9.10. The van der Waals surface area contributed by atoms with Crippen LogP contribution < -0.4 is 11.3 Å². The third-order valence-electron chi connectivity index (χ3n) is 2.38. The van der Waals surface area contributed by atoms with Crippen molar-refractivity contribution in [2.75, 3.05) is 6.54 Å². The first-order chi connectivity index (χ1) is 8.60. The molecule has 0 fully saturated rings. The number of aromatic amines is 1. The number of benzene rings is 1. The van der Waals surface area contributed by atoms with Gasteiger partial charge in [0.15, 0.2) is 0 Å². The van der Waals surface area contributed by atoms with Crippen molar-refractivity contribution in [2.45, 2.75) is 6.42 Å². The summed E-state index contributed by atoms with van der Waals surface area (Å²) < 4.78 is 13.9. The number of aromatic nitrogens is 2. The Morgan fingerprint density at radius 3 is 2.89 bits per heavy atom. The zero-order valence-electron chi connectivity index (χ0n) is 9.41. The van der Waals surface area contributed by atoms with Crippen molar-refractivity contribution in [3.8, 4) is 11.4 Å². The maximum absolute atomic E-state index is 13.2. The minimum Gasteiger partial charge on any atom is -0.330 e. The van der Waals surface area contributed by atoms with Crippen LogP contribution in [0.1, 0.15) is 5.69 Å². The average Bonchev–Trinajstić information content (AvgIpc) is 2.32. The van der Waals surface area contributed by atoms with Crippen molar-refractivity contribution < 1.29 is 4.39 Å². The fraction of sp³-hybridized carbons (Fsp3) is 0.167. The Labute approximate surface area is 111 Å². The largest absolute Gasteiger partial charge is 0.330 e. The molecule has 1 aromatic heterocycles. The summed E-state index contributed by atoms with van der Waals surface area (Å²) in [6.07, 6.45) is 0.504. The van der Waals surface area contributed by atoms with Crippen LogP contribution in [0.3, 0.4) is 0 Å². The summed E-state index contributed by atoms with van der Waals surface area (Å²) in [6.45, 7) is 0.403. The number of nitrogens with zero attached hydrogens (tertiary/aromatic N) is 1. The molecule has 1 heterocycles. The molecule has 0 aliphatic carbocycles. The molecule has 94 valence electrons. The number of hydrogen-bond acceptors (Lipinski definition) is 3. The lowest BCUT2D eigenvalue weighted by Gasteiger charge is -2.06. The van der Waals surface area contributed by atoms with Gasteiger partial charge in [0, 0.05) is 28.2 Å². The van der Waals surface area contributed by atoms with Crippen LogP contribution in [0.4, 0.5) is 4.39 Å². The Kier molecular flexibility index (Phi) is 3.88. The van der Waals surface area contributed by atoms with E-state index in [1.54, 1.807) is 6.07 Å². The Hall–Kier alpha value is -1.53. The molecule has 0 amide bonds. The predicted octanol–water partition coefficient (Wildman–Crippen LogP) is 1.84. The van der Waals surface area contributed by atoms with Crippen molar-refractivity contribution in [3.05, 3.63) is 50.6 Å². The van der Waals surface area contributed by atoms with Crippen LogP contribution in [0.15, 0.2) is 33.5 Å². The van der Waals surface area contributed by atoms with Gasteiger partial charge in [-0.25, -0.2) is 9.37 Å². The van der Waals surface area contributed by atoms with Crippen molar-refractivity contribution >= 4 is 15.9 Å². The van der Waals surface area contributed by atoms with Gasteiger partial charge < -0.3 is 10.7 Å². The lowest BCUT2D eigenvalue weighted by atomic mass is 10.2. The van der Waals surface area contributed by atoms with Crippen LogP contribution in [-0.4, -0.2) is 16.5 Å². The zero-order valence-corrected chi connectivity index (χ0v) is 11.0. The quantitative estimate of drug-likeness (QED) is 0.908. The normalized spacial score (nSPS) is 10.6. The SMILES string of the molecule is NCCc1cc(=O)[nH]c(-c2cc(F)ccc2Br)n1. The lowest BCUT2D eigenvalue weighted by molar-refractivity contribution is 0.628. The van der Waals surface area contributed by atoms with Gasteiger partial charge in [-0.05, 0) is 24.7 Å². The molecule has 6 heteroatoms. The van der Waals surface area contributed by atoms with Crippen molar-refractivity contribution in [1.82, 2.24) is 9.97 Å². The summed E-state index contributed by atoms with van der Waals surface area (Å²) in [7, 11) is 0. The van der Waals surface area contributed by atoms with E-state index in [-0.39, 0.29) is 11.4 Å². The molecule has 3 N–H and O–H groups in total. The first-order valence-electron chi connectivity index (χ1n) is 5.36. The number of rotatable bonds is 3. The second-order valence-corrected chi connectivity index (χ2v) is 4.60. The summed E-state index contributed by atoms with van der Waals surface area (Å²) >= 11 is 3.30. The molecule has 4 nitrogen and oxygen atoms in total. The van der Waals surface area contributed by atoms with Gasteiger partial charge in [0.2, 0.25) is 0 Å². The van der Waals surface area contributed by atoms with Gasteiger partial charge in [0.25, 0.3) is 5.56 Å². The summed E-state index contributed by atoms with van der Waals surface area (Å²) in [4.78, 5) is 18.4. The van der Waals surface area contributed by atoms with Crippen LogP contribution >= 0.6 is 15.9 Å². The molecule has 0 spiro atoms. The van der Waals surface area contributed by atoms with E-state index in [1.165, 1.54) is 18.2 Å². The fourth-order valence-corrected chi connectivity index (χ4v) is 2.02. The Bertz CT molecular complexity index is 627. The van der Waals surface area contributed by atoms with Gasteiger partial charge in [-0.1, -0.05) is 15.9 Å². The van der Waals surface area contributed by atoms with E-state index in [4.69, 9.17) is 5.73 Å². The predicted molar refractivity (Wildman–Crippen MR) is 70.7 cm³/mol. The Morgan fingerprint density at radius 1 is 1.39 bits per heavy atom. The molecule has 0 atom stereocenters. The Balaban J connectivity index is 2.56. The zero-order chi connectivity index (χ0) is 13.1. The standard InChI is InChI=1S/C12H11BrFN3O/c13-10-2-1-7(14)5-9(10)12-16-8(3-4-15)6-11(18)17-12/h1-2,5-6H,3-4,15H2,(H,16,17,18). The highest BCUT2D eigenvalue weighted by Gasteiger charge is 2.08. The molecule has 2 rings (SSSR count). The number of halogens is 2. The topological polar surface area (TPSA) is 71.8 Å². The molecule has 0 saturated carbocycles. The van der Waals surface area contributed by atoms with Crippen LogP contribution in [0.25, 0.3) is 11.4 Å². The minimum atomic E-state index is -0.389. The summed E-state index contributed by atoms with van der Waals surface area (Å²) in [5, 5.41) is 0. The van der Waals surface area contributed by atoms with Gasteiger partial charge in [-0.15, -0.1) is 0 Å². The molecular weight excluding hydrogens is 301 g/mol. The van der Waals surface area contributed by atoms with E-state index in [0.717, 1.165) is 0 Å². The third-order valence-corrected chi connectivity index (χ3v) is 3.07. The van der Waals surface area contributed by atoms with E-state index in [2.05, 4.69) is 25.9 Å². The third kappa shape index (κ3) is 2.83. The second kappa shape index (κ2) is 5.41. The molecule has 0 aliphatic heterocycles. The Morgan fingerprint density at radius 2 is 2.17 bits per heavy atom. The highest BCUT2D eigenvalue weighted by atomic mass is 79.9. The maximum Gasteiger partial charge on any atom is 0.251 e. The lowest BCUT2D eigenvalue weighted by Crippen LogP contribution is -2.13. The minimum absolute atomic E-state index is 0.278. The first kappa shape index (κ1) is 12.9. The van der Waals surface area contributed by atoms with E-state index in [0.29, 0.717) is 34.5 Å². The van der Waals surface area contributed by atoms with Crippen LogP contribution in [0.2, 0.25) is 0 Å². The van der Waals surface area contributed by atoms with Crippen molar-refractivity contribution in [2.24, 2.45) is 5.73 Å². The monoisotopic (exact) mass is 311 g/mol. The van der Waals surface area contributed by atoms with Gasteiger partial charge in [-0.2, -0.15) is 0 Å². The summed E-state index contributed by atoms with van der Waals surface area (Å²) in [5.41, 5.74) is 6.25. The second-order valence-electron chi connectivity index (χ2n) is 3.75. The highest BCUT2D eigenvalue weighted by Crippen LogP contribution is 2.25. The molecule has 0 saturated heterocycles. The van der Waals surface area contributed by atoms with Crippen molar-refractivity contribution in [1.29, 1.82) is 0 Å². The van der Waals surface area contributed by atoms with E-state index >= 15 is 0 Å². The summed E-state index contributed by atoms with van der Waals surface area (Å²) in [5.74, 6) is -0.0580. The average molecular weight is 312 g/mol. The first-order valence-corrected chi connectivity index (χ1v) is 6.15. The van der Waals surface area contributed by atoms with Crippen LogP contribution in [-0.2, 0) is 6.42 Å². The molecule has 2 aromatic rings. The molecule has 0 radical (unpaired) electrons. The molecule has 1 aromatic carbocycles. The van der Waals surface area contributed by atoms with Crippen molar-refractivity contribution in [3.63, 3.8) is 0 Å². The molecule has 0 bridgehead atoms. The van der Waals surface area contributed by atoms with E-state index in [9.17, 15) is 9.18 Å². The molecule has 0 unspecified atom stereocenters. The molecular formula is C12H11BrFN3O. The van der Waals surface area contributed by atoms with Crippen LogP contribution in [0.5, 0.6) is 0 Å². The van der Waals surface area contributed by atoms with Gasteiger partial charge in [0.1, 0.15) is 11.6 Å². The van der Waals surface area contributed by atoms with Gasteiger partial charge in [0.05, 0.1) is 0 Å². The van der Waals surface area contributed by atoms with Crippen LogP contribution in [0, 0.1) is 5.82 Å². The number of nitrogens with two attached hydrogens (primary N) is 1. The molecule has 0 aliphatic rings. The van der Waals surface area contributed by atoms with Gasteiger partial charge >= 0.3 is 0 Å². The maximum atomic E-state index is 13.2. The number of nitrogens with one attached hydrogen (secondary N) is 1. The van der Waals surface area contributed by atoms with E-state index in [1.807, 2.05) is 0 Å². The van der Waals surface area contributed by atoms with E-state index < -0.39 is 0 Å².